The van der Waals surface area contributed by atoms with Gasteiger partial charge < -0.3 is 5.11 Å². The van der Waals surface area contributed by atoms with Crippen LogP contribution >= 0.6 is 0 Å². The molecule has 0 aliphatic carbocycles. The number of halogens is 3. The van der Waals surface area contributed by atoms with Crippen molar-refractivity contribution in [3.05, 3.63) is 41.7 Å². The summed E-state index contributed by atoms with van der Waals surface area (Å²) in [4.78, 5) is 11.0. The molecule has 1 aromatic heterocycles. The molecule has 0 atom stereocenters. The molecule has 0 saturated heterocycles. The Balaban J connectivity index is 2.38. The van der Waals surface area contributed by atoms with E-state index in [0.717, 1.165) is 4.68 Å². The van der Waals surface area contributed by atoms with Crippen LogP contribution in [-0.4, -0.2) is 27.0 Å². The molecule has 0 bridgehead atoms. The Morgan fingerprint density at radius 1 is 1.40 bits per heavy atom. The quantitative estimate of drug-likeness (QED) is 0.942. The van der Waals surface area contributed by atoms with Crippen molar-refractivity contribution in [1.29, 1.82) is 0 Å². The molecule has 0 spiro atoms. The van der Waals surface area contributed by atoms with E-state index in [4.69, 9.17) is 5.11 Å². The highest BCUT2D eigenvalue weighted by atomic mass is 19.4. The Labute approximate surface area is 112 Å². The molecule has 0 saturated carbocycles. The number of aromatic carboxylic acids is 1. The molecule has 0 radical (unpaired) electrons. The van der Waals surface area contributed by atoms with Gasteiger partial charge in [0.1, 0.15) is 6.54 Å². The second-order valence-electron chi connectivity index (χ2n) is 4.33. The van der Waals surface area contributed by atoms with E-state index < -0.39 is 18.7 Å². The molecule has 0 amide bonds. The van der Waals surface area contributed by atoms with Gasteiger partial charge in [0.2, 0.25) is 0 Å². The third-order valence-electron chi connectivity index (χ3n) is 2.85. The zero-order valence-corrected chi connectivity index (χ0v) is 10.5. The van der Waals surface area contributed by atoms with Gasteiger partial charge in [0, 0.05) is 11.8 Å². The molecule has 20 heavy (non-hydrogen) atoms. The highest BCUT2D eigenvalue weighted by molar-refractivity contribution is 5.91. The van der Waals surface area contributed by atoms with Gasteiger partial charge in [0.05, 0.1) is 11.8 Å². The van der Waals surface area contributed by atoms with Crippen molar-refractivity contribution >= 4 is 5.97 Å². The first-order valence-corrected chi connectivity index (χ1v) is 5.70. The first kappa shape index (κ1) is 14.1. The van der Waals surface area contributed by atoms with Crippen LogP contribution in [0.4, 0.5) is 13.2 Å². The van der Waals surface area contributed by atoms with Crippen LogP contribution in [0.3, 0.4) is 0 Å². The molecule has 106 valence electrons. The monoisotopic (exact) mass is 284 g/mol. The Morgan fingerprint density at radius 2 is 2.10 bits per heavy atom. The third kappa shape index (κ3) is 2.98. The van der Waals surface area contributed by atoms with Gasteiger partial charge in [-0.05, 0) is 24.1 Å². The van der Waals surface area contributed by atoms with Gasteiger partial charge >= 0.3 is 12.1 Å². The summed E-state index contributed by atoms with van der Waals surface area (Å²) in [5.74, 6) is -1.08. The third-order valence-corrected chi connectivity index (χ3v) is 2.85. The van der Waals surface area contributed by atoms with Crippen molar-refractivity contribution in [1.82, 2.24) is 9.78 Å². The molecule has 1 N–H and O–H groups in total. The summed E-state index contributed by atoms with van der Waals surface area (Å²) in [5.41, 5.74) is 1.62. The van der Waals surface area contributed by atoms with E-state index in [-0.39, 0.29) is 5.56 Å². The molecular weight excluding hydrogens is 273 g/mol. The van der Waals surface area contributed by atoms with Gasteiger partial charge in [0.25, 0.3) is 0 Å². The number of carboxylic acids is 1. The SMILES string of the molecule is Cc1c(C(=O)O)cccc1-c1cnn(CC(F)(F)F)c1. The summed E-state index contributed by atoms with van der Waals surface area (Å²) >= 11 is 0. The summed E-state index contributed by atoms with van der Waals surface area (Å²) in [5, 5.41) is 12.7. The number of hydrogen-bond donors (Lipinski definition) is 1. The first-order valence-electron chi connectivity index (χ1n) is 5.70. The zero-order chi connectivity index (χ0) is 14.9. The molecule has 2 aromatic rings. The van der Waals surface area contributed by atoms with Crippen molar-refractivity contribution in [2.45, 2.75) is 19.6 Å². The van der Waals surface area contributed by atoms with E-state index in [0.29, 0.717) is 16.7 Å². The zero-order valence-electron chi connectivity index (χ0n) is 10.5. The lowest BCUT2D eigenvalue weighted by Crippen LogP contribution is -2.17. The summed E-state index contributed by atoms with van der Waals surface area (Å²) in [7, 11) is 0. The van der Waals surface area contributed by atoms with Crippen LogP contribution in [0.15, 0.2) is 30.6 Å². The molecule has 0 unspecified atom stereocenters. The van der Waals surface area contributed by atoms with E-state index in [9.17, 15) is 18.0 Å². The summed E-state index contributed by atoms with van der Waals surface area (Å²) in [6, 6.07) is 4.64. The van der Waals surface area contributed by atoms with Crippen molar-refractivity contribution < 1.29 is 23.1 Å². The number of carbonyl (C=O) groups is 1. The standard InChI is InChI=1S/C13H11F3N2O2/c1-8-10(3-2-4-11(8)12(19)20)9-5-17-18(6-9)7-13(14,15)16/h2-6H,7H2,1H3,(H,19,20). The predicted octanol–water partition coefficient (Wildman–Crippen LogP) is 3.12. The van der Waals surface area contributed by atoms with Gasteiger partial charge in [-0.15, -0.1) is 0 Å². The molecule has 1 aromatic carbocycles. The molecule has 0 fully saturated rings. The second-order valence-corrected chi connectivity index (χ2v) is 4.33. The van der Waals surface area contributed by atoms with E-state index in [2.05, 4.69) is 5.10 Å². The van der Waals surface area contributed by atoms with Crippen LogP contribution in [0.2, 0.25) is 0 Å². The Kier molecular flexibility index (Phi) is 3.52. The topological polar surface area (TPSA) is 55.1 Å². The van der Waals surface area contributed by atoms with Gasteiger partial charge in [-0.3, -0.25) is 4.68 Å². The maximum absolute atomic E-state index is 12.3. The van der Waals surface area contributed by atoms with Crippen LogP contribution < -0.4 is 0 Å². The lowest BCUT2D eigenvalue weighted by Gasteiger charge is -2.07. The average molecular weight is 284 g/mol. The number of carboxylic acid groups (broad SMARTS) is 1. The maximum atomic E-state index is 12.3. The molecule has 0 aliphatic heterocycles. The largest absolute Gasteiger partial charge is 0.478 e. The Hall–Kier alpha value is -2.31. The van der Waals surface area contributed by atoms with Crippen LogP contribution in [0.1, 0.15) is 15.9 Å². The number of nitrogens with zero attached hydrogens (tertiary/aromatic N) is 2. The summed E-state index contributed by atoms with van der Waals surface area (Å²) in [6.07, 6.45) is -1.80. The van der Waals surface area contributed by atoms with Gasteiger partial charge in [-0.1, -0.05) is 12.1 Å². The minimum atomic E-state index is -4.35. The minimum Gasteiger partial charge on any atom is -0.478 e. The van der Waals surface area contributed by atoms with Crippen LogP contribution in [0.5, 0.6) is 0 Å². The van der Waals surface area contributed by atoms with Crippen molar-refractivity contribution in [2.24, 2.45) is 0 Å². The molecule has 7 heteroatoms. The highest BCUT2D eigenvalue weighted by Gasteiger charge is 2.28. The minimum absolute atomic E-state index is 0.117. The average Bonchev–Trinajstić information content (AvgIpc) is 2.74. The van der Waals surface area contributed by atoms with Crippen molar-refractivity contribution in [2.75, 3.05) is 0 Å². The predicted molar refractivity (Wildman–Crippen MR) is 65.4 cm³/mol. The van der Waals surface area contributed by atoms with Gasteiger partial charge in [0.15, 0.2) is 0 Å². The van der Waals surface area contributed by atoms with Crippen LogP contribution in [0.25, 0.3) is 11.1 Å². The van der Waals surface area contributed by atoms with Gasteiger partial charge in [-0.25, -0.2) is 4.79 Å². The normalized spacial score (nSPS) is 11.6. The summed E-state index contributed by atoms with van der Waals surface area (Å²) in [6.45, 7) is 0.435. The number of alkyl halides is 3. The van der Waals surface area contributed by atoms with E-state index in [1.54, 1.807) is 19.1 Å². The highest BCUT2D eigenvalue weighted by Crippen LogP contribution is 2.26. The number of hydrogen-bond acceptors (Lipinski definition) is 2. The van der Waals surface area contributed by atoms with E-state index in [1.807, 2.05) is 0 Å². The van der Waals surface area contributed by atoms with Crippen molar-refractivity contribution in [3.63, 3.8) is 0 Å². The van der Waals surface area contributed by atoms with Crippen LogP contribution in [0, 0.1) is 6.92 Å². The molecular formula is C13H11F3N2O2. The molecule has 0 aliphatic rings. The number of benzene rings is 1. The van der Waals surface area contributed by atoms with E-state index in [1.165, 1.54) is 18.5 Å². The lowest BCUT2D eigenvalue weighted by molar-refractivity contribution is -0.142. The fourth-order valence-electron chi connectivity index (χ4n) is 1.95. The van der Waals surface area contributed by atoms with E-state index >= 15 is 0 Å². The second kappa shape index (κ2) is 4.99. The molecule has 4 nitrogen and oxygen atoms in total. The first-order chi connectivity index (χ1) is 9.28. The fourth-order valence-corrected chi connectivity index (χ4v) is 1.95. The maximum Gasteiger partial charge on any atom is 0.408 e. The lowest BCUT2D eigenvalue weighted by atomic mass is 9.99. The summed E-state index contributed by atoms with van der Waals surface area (Å²) < 4.78 is 37.6. The fraction of sp³-hybridized carbons (Fsp3) is 0.231. The number of rotatable bonds is 3. The number of aromatic nitrogens is 2. The molecule has 1 heterocycles. The van der Waals surface area contributed by atoms with Crippen molar-refractivity contribution in [3.8, 4) is 11.1 Å². The Morgan fingerprint density at radius 3 is 2.70 bits per heavy atom. The Bertz CT molecular complexity index is 647. The molecule has 2 rings (SSSR count). The smallest absolute Gasteiger partial charge is 0.408 e. The van der Waals surface area contributed by atoms with Crippen LogP contribution in [-0.2, 0) is 6.54 Å². The van der Waals surface area contributed by atoms with Gasteiger partial charge in [-0.2, -0.15) is 18.3 Å².